The largest absolute Gasteiger partial charge is 0.457 e. The van der Waals surface area contributed by atoms with Crippen molar-refractivity contribution in [3.8, 4) is 11.5 Å². The molecule has 1 aliphatic rings. The summed E-state index contributed by atoms with van der Waals surface area (Å²) in [4.78, 5) is 11.6. The van der Waals surface area contributed by atoms with Crippen LogP contribution in [0.15, 0.2) is 48.5 Å². The average Bonchev–Trinajstić information content (AvgIpc) is 2.75. The molecular formula is C17H16FNO2S. The molecular weight excluding hydrogens is 301 g/mol. The summed E-state index contributed by atoms with van der Waals surface area (Å²) < 4.78 is 18.5. The number of benzene rings is 2. The van der Waals surface area contributed by atoms with Gasteiger partial charge in [-0.2, -0.15) is 11.8 Å². The second-order valence-electron chi connectivity index (χ2n) is 5.04. The summed E-state index contributed by atoms with van der Waals surface area (Å²) in [6, 6.07) is 13.6. The van der Waals surface area contributed by atoms with Gasteiger partial charge in [0, 0.05) is 24.0 Å². The fraction of sp³-hybridized carbons (Fsp3) is 0.235. The average molecular weight is 317 g/mol. The molecule has 1 unspecified atom stereocenters. The van der Waals surface area contributed by atoms with E-state index in [1.807, 2.05) is 24.3 Å². The number of hydrogen-bond acceptors (Lipinski definition) is 3. The van der Waals surface area contributed by atoms with E-state index in [9.17, 15) is 9.18 Å². The lowest BCUT2D eigenvalue weighted by Crippen LogP contribution is -2.23. The van der Waals surface area contributed by atoms with Crippen LogP contribution in [0, 0.1) is 5.82 Å². The van der Waals surface area contributed by atoms with Crippen molar-refractivity contribution in [2.24, 2.45) is 0 Å². The maximum atomic E-state index is 12.9. The molecule has 1 N–H and O–H groups in total. The molecule has 5 heteroatoms. The Kier molecular flexibility index (Phi) is 4.63. The minimum absolute atomic E-state index is 0.0987. The van der Waals surface area contributed by atoms with Gasteiger partial charge in [0.25, 0.3) is 0 Å². The van der Waals surface area contributed by atoms with Crippen LogP contribution in [0.1, 0.15) is 17.2 Å². The predicted molar refractivity (Wildman–Crippen MR) is 85.7 cm³/mol. The van der Waals surface area contributed by atoms with Gasteiger partial charge in [0.15, 0.2) is 0 Å². The summed E-state index contributed by atoms with van der Waals surface area (Å²) >= 11 is 1.79. The van der Waals surface area contributed by atoms with Gasteiger partial charge < -0.3 is 10.1 Å². The van der Waals surface area contributed by atoms with Gasteiger partial charge in [0.2, 0.25) is 5.91 Å². The van der Waals surface area contributed by atoms with Crippen molar-refractivity contribution in [1.29, 1.82) is 0 Å². The first kappa shape index (κ1) is 14.9. The number of carbonyl (C=O) groups is 1. The molecule has 3 rings (SSSR count). The Balaban J connectivity index is 1.69. The van der Waals surface area contributed by atoms with Gasteiger partial charge in [-0.3, -0.25) is 4.79 Å². The van der Waals surface area contributed by atoms with E-state index in [1.165, 1.54) is 12.1 Å². The summed E-state index contributed by atoms with van der Waals surface area (Å²) in [5.41, 5.74) is 1.12. The summed E-state index contributed by atoms with van der Waals surface area (Å²) in [5.74, 6) is 2.02. The molecule has 1 saturated heterocycles. The van der Waals surface area contributed by atoms with E-state index in [1.54, 1.807) is 23.9 Å². The van der Waals surface area contributed by atoms with Gasteiger partial charge in [-0.25, -0.2) is 4.39 Å². The van der Waals surface area contributed by atoms with Crippen LogP contribution >= 0.6 is 11.8 Å². The monoisotopic (exact) mass is 317 g/mol. The van der Waals surface area contributed by atoms with Crippen LogP contribution in [0.4, 0.5) is 4.39 Å². The quantitative estimate of drug-likeness (QED) is 0.932. The number of thioether (sulfide) groups is 1. The Morgan fingerprint density at radius 2 is 1.68 bits per heavy atom. The predicted octanol–water partition coefficient (Wildman–Crippen LogP) is 3.91. The van der Waals surface area contributed by atoms with Gasteiger partial charge in [-0.15, -0.1) is 0 Å². The number of nitrogens with one attached hydrogen (secondary N) is 1. The molecule has 1 aliphatic heterocycles. The van der Waals surface area contributed by atoms with E-state index < -0.39 is 0 Å². The summed E-state index contributed by atoms with van der Waals surface area (Å²) in [6.45, 7) is 0.728. The Morgan fingerprint density at radius 1 is 1.05 bits per heavy atom. The standard InChI is InChI=1S/C17H16FNO2S/c18-13-3-7-15(8-4-13)21-14-5-1-12(2-6-14)16-11-17(20)19-9-10-22-16/h1-8,16H,9-11H2,(H,19,20). The minimum atomic E-state index is -0.286. The second kappa shape index (κ2) is 6.83. The van der Waals surface area contributed by atoms with Crippen LogP contribution in [0.5, 0.6) is 11.5 Å². The van der Waals surface area contributed by atoms with Crippen LogP contribution in [-0.2, 0) is 4.79 Å². The topological polar surface area (TPSA) is 38.3 Å². The highest BCUT2D eigenvalue weighted by molar-refractivity contribution is 7.99. The van der Waals surface area contributed by atoms with Crippen LogP contribution in [-0.4, -0.2) is 18.2 Å². The molecule has 2 aromatic carbocycles. The Labute approximate surface area is 132 Å². The molecule has 0 aromatic heterocycles. The molecule has 0 aliphatic carbocycles. The first-order chi connectivity index (χ1) is 10.7. The number of hydrogen-bond donors (Lipinski definition) is 1. The maximum Gasteiger partial charge on any atom is 0.221 e. The molecule has 3 nitrogen and oxygen atoms in total. The molecule has 1 atom stereocenters. The van der Waals surface area contributed by atoms with E-state index in [-0.39, 0.29) is 17.0 Å². The van der Waals surface area contributed by atoms with E-state index in [2.05, 4.69) is 5.32 Å². The van der Waals surface area contributed by atoms with Crippen LogP contribution in [0.3, 0.4) is 0 Å². The molecule has 0 bridgehead atoms. The lowest BCUT2D eigenvalue weighted by molar-refractivity contribution is -0.120. The number of ether oxygens (including phenoxy) is 1. The minimum Gasteiger partial charge on any atom is -0.457 e. The van der Waals surface area contributed by atoms with Crippen molar-refractivity contribution in [3.63, 3.8) is 0 Å². The van der Waals surface area contributed by atoms with Crippen molar-refractivity contribution in [2.45, 2.75) is 11.7 Å². The van der Waals surface area contributed by atoms with E-state index in [0.29, 0.717) is 17.9 Å². The lowest BCUT2D eigenvalue weighted by atomic mass is 10.1. The molecule has 0 saturated carbocycles. The van der Waals surface area contributed by atoms with Gasteiger partial charge in [-0.1, -0.05) is 12.1 Å². The van der Waals surface area contributed by atoms with Crippen LogP contribution in [0.2, 0.25) is 0 Å². The van der Waals surface area contributed by atoms with Crippen LogP contribution in [0.25, 0.3) is 0 Å². The highest BCUT2D eigenvalue weighted by Gasteiger charge is 2.19. The van der Waals surface area contributed by atoms with Crippen molar-refractivity contribution >= 4 is 17.7 Å². The molecule has 114 valence electrons. The molecule has 1 fully saturated rings. The number of rotatable bonds is 3. The Bertz CT molecular complexity index is 643. The zero-order chi connectivity index (χ0) is 15.4. The van der Waals surface area contributed by atoms with Crippen LogP contribution < -0.4 is 10.1 Å². The third kappa shape index (κ3) is 3.80. The van der Waals surface area contributed by atoms with E-state index in [0.717, 1.165) is 17.9 Å². The maximum absolute atomic E-state index is 12.9. The zero-order valence-electron chi connectivity index (χ0n) is 11.9. The third-order valence-electron chi connectivity index (χ3n) is 3.42. The van der Waals surface area contributed by atoms with Crippen molar-refractivity contribution in [2.75, 3.05) is 12.3 Å². The van der Waals surface area contributed by atoms with Gasteiger partial charge >= 0.3 is 0 Å². The molecule has 2 aromatic rings. The summed E-state index contributed by atoms with van der Waals surface area (Å²) in [5, 5.41) is 3.06. The molecule has 1 amide bonds. The number of amides is 1. The van der Waals surface area contributed by atoms with Crippen molar-refractivity contribution < 1.29 is 13.9 Å². The fourth-order valence-electron chi connectivity index (χ4n) is 2.29. The van der Waals surface area contributed by atoms with Crippen molar-refractivity contribution in [3.05, 3.63) is 59.9 Å². The summed E-state index contributed by atoms with van der Waals surface area (Å²) in [7, 11) is 0. The second-order valence-corrected chi connectivity index (χ2v) is 6.35. The Morgan fingerprint density at radius 3 is 2.36 bits per heavy atom. The highest BCUT2D eigenvalue weighted by Crippen LogP contribution is 2.34. The molecule has 1 heterocycles. The highest BCUT2D eigenvalue weighted by atomic mass is 32.2. The first-order valence-corrected chi connectivity index (χ1v) is 8.17. The zero-order valence-corrected chi connectivity index (χ0v) is 12.7. The van der Waals surface area contributed by atoms with E-state index >= 15 is 0 Å². The number of carbonyl (C=O) groups excluding carboxylic acids is 1. The third-order valence-corrected chi connectivity index (χ3v) is 4.70. The summed E-state index contributed by atoms with van der Waals surface area (Å²) in [6.07, 6.45) is 0.503. The fourth-order valence-corrected chi connectivity index (χ4v) is 3.42. The van der Waals surface area contributed by atoms with Gasteiger partial charge in [0.05, 0.1) is 0 Å². The molecule has 0 spiro atoms. The first-order valence-electron chi connectivity index (χ1n) is 7.12. The normalized spacial score (nSPS) is 18.4. The smallest absolute Gasteiger partial charge is 0.221 e. The Hall–Kier alpha value is -2.01. The van der Waals surface area contributed by atoms with Gasteiger partial charge in [0.1, 0.15) is 17.3 Å². The van der Waals surface area contributed by atoms with Crippen molar-refractivity contribution in [1.82, 2.24) is 5.32 Å². The lowest BCUT2D eigenvalue weighted by Gasteiger charge is -2.13. The molecule has 0 radical (unpaired) electrons. The van der Waals surface area contributed by atoms with E-state index in [4.69, 9.17) is 4.74 Å². The number of halogens is 1. The SMILES string of the molecule is O=C1CC(c2ccc(Oc3ccc(F)cc3)cc2)SCCN1. The van der Waals surface area contributed by atoms with Gasteiger partial charge in [-0.05, 0) is 42.0 Å². The molecule has 22 heavy (non-hydrogen) atoms.